The zero-order chi connectivity index (χ0) is 16.0. The average molecular weight is 305 g/mol. The first kappa shape index (κ1) is 13.8. The van der Waals surface area contributed by atoms with Crippen molar-refractivity contribution in [2.75, 3.05) is 4.90 Å². The van der Waals surface area contributed by atoms with Crippen LogP contribution in [0.25, 0.3) is 10.8 Å². The molecule has 0 fully saturated rings. The minimum absolute atomic E-state index is 0.265. The molecule has 114 valence electrons. The summed E-state index contributed by atoms with van der Waals surface area (Å²) < 4.78 is 13.2. The van der Waals surface area contributed by atoms with Gasteiger partial charge < -0.3 is 10.6 Å². The molecule has 0 unspecified atom stereocenters. The Morgan fingerprint density at radius 2 is 1.91 bits per heavy atom. The fourth-order valence-corrected chi connectivity index (χ4v) is 3.14. The summed E-state index contributed by atoms with van der Waals surface area (Å²) >= 11 is 0. The number of guanidine groups is 1. The van der Waals surface area contributed by atoms with Crippen LogP contribution in [0.4, 0.5) is 15.8 Å². The molecule has 3 nitrogen and oxygen atoms in total. The summed E-state index contributed by atoms with van der Waals surface area (Å²) in [5.74, 6) is 0.154. The molecule has 1 aliphatic heterocycles. The maximum atomic E-state index is 13.2. The minimum atomic E-state index is -0.265. The Balaban J connectivity index is 1.78. The van der Waals surface area contributed by atoms with E-state index in [4.69, 9.17) is 5.73 Å². The lowest BCUT2D eigenvalue weighted by atomic mass is 10.1. The van der Waals surface area contributed by atoms with Gasteiger partial charge in [0.2, 0.25) is 5.96 Å². The molecule has 0 radical (unpaired) electrons. The molecule has 0 aromatic heterocycles. The van der Waals surface area contributed by atoms with Crippen LogP contribution in [0.15, 0.2) is 59.6 Å². The highest BCUT2D eigenvalue weighted by atomic mass is 19.1. The van der Waals surface area contributed by atoms with Gasteiger partial charge in [-0.2, -0.15) is 0 Å². The van der Waals surface area contributed by atoms with E-state index in [2.05, 4.69) is 35.3 Å². The summed E-state index contributed by atoms with van der Waals surface area (Å²) in [6.07, 6.45) is 0. The van der Waals surface area contributed by atoms with Crippen molar-refractivity contribution in [3.63, 3.8) is 0 Å². The van der Waals surface area contributed by atoms with Gasteiger partial charge in [0.1, 0.15) is 5.82 Å². The number of nitrogens with two attached hydrogens (primary N) is 1. The molecule has 2 N–H and O–H groups in total. The van der Waals surface area contributed by atoms with Crippen molar-refractivity contribution in [1.29, 1.82) is 0 Å². The highest BCUT2D eigenvalue weighted by Gasteiger charge is 2.23. The third-order valence-electron chi connectivity index (χ3n) is 4.26. The highest BCUT2D eigenvalue weighted by Crippen LogP contribution is 2.37. The standard InChI is InChI=1S/C19H16FN3/c1-12-10-15(20)8-9-16(12)22-19(21)23-11-14-6-2-4-13-5-3-7-17(23)18(13)14/h2-10H,11H2,1H3,(H2,21,22). The summed E-state index contributed by atoms with van der Waals surface area (Å²) in [7, 11) is 0. The topological polar surface area (TPSA) is 41.6 Å². The Morgan fingerprint density at radius 1 is 1.13 bits per heavy atom. The van der Waals surface area contributed by atoms with Crippen LogP contribution in [0.5, 0.6) is 0 Å². The summed E-state index contributed by atoms with van der Waals surface area (Å²) in [6, 6.07) is 17.0. The Labute approximate surface area is 133 Å². The van der Waals surface area contributed by atoms with E-state index in [0.29, 0.717) is 18.2 Å². The lowest BCUT2D eigenvalue weighted by molar-refractivity contribution is 0.627. The van der Waals surface area contributed by atoms with Crippen molar-refractivity contribution in [3.05, 3.63) is 71.5 Å². The summed E-state index contributed by atoms with van der Waals surface area (Å²) in [5, 5.41) is 2.43. The largest absolute Gasteiger partial charge is 0.369 e. The molecule has 4 heteroatoms. The lowest BCUT2D eigenvalue weighted by Crippen LogP contribution is -2.34. The van der Waals surface area contributed by atoms with Gasteiger partial charge >= 0.3 is 0 Å². The number of rotatable bonds is 1. The molecule has 3 aromatic carbocycles. The van der Waals surface area contributed by atoms with E-state index in [9.17, 15) is 4.39 Å². The van der Waals surface area contributed by atoms with Crippen LogP contribution < -0.4 is 10.6 Å². The second-order valence-corrected chi connectivity index (χ2v) is 5.78. The van der Waals surface area contributed by atoms with Gasteiger partial charge in [-0.1, -0.05) is 30.3 Å². The Morgan fingerprint density at radius 3 is 2.70 bits per heavy atom. The molecule has 3 aromatic rings. The first-order valence-electron chi connectivity index (χ1n) is 7.52. The number of benzene rings is 3. The van der Waals surface area contributed by atoms with Gasteiger partial charge in [0.25, 0.3) is 0 Å². The molecule has 0 saturated heterocycles. The highest BCUT2D eigenvalue weighted by molar-refractivity contribution is 6.09. The zero-order valence-corrected chi connectivity index (χ0v) is 12.8. The molecular formula is C19H16FN3. The average Bonchev–Trinajstić information content (AvgIpc) is 2.92. The van der Waals surface area contributed by atoms with Gasteiger partial charge in [-0.15, -0.1) is 0 Å². The van der Waals surface area contributed by atoms with Crippen molar-refractivity contribution in [1.82, 2.24) is 0 Å². The van der Waals surface area contributed by atoms with E-state index in [1.165, 1.54) is 28.5 Å². The van der Waals surface area contributed by atoms with Gasteiger partial charge in [0.15, 0.2) is 0 Å². The Bertz CT molecular complexity index is 941. The van der Waals surface area contributed by atoms with E-state index in [0.717, 1.165) is 11.3 Å². The van der Waals surface area contributed by atoms with Crippen molar-refractivity contribution >= 4 is 28.1 Å². The van der Waals surface area contributed by atoms with E-state index in [1.807, 2.05) is 17.9 Å². The van der Waals surface area contributed by atoms with Crippen LogP contribution in [0.1, 0.15) is 11.1 Å². The minimum Gasteiger partial charge on any atom is -0.369 e. The zero-order valence-electron chi connectivity index (χ0n) is 12.8. The molecule has 0 atom stereocenters. The maximum Gasteiger partial charge on any atom is 0.201 e. The predicted octanol–water partition coefficient (Wildman–Crippen LogP) is 4.25. The van der Waals surface area contributed by atoms with Crippen LogP contribution in [-0.4, -0.2) is 5.96 Å². The lowest BCUT2D eigenvalue weighted by Gasteiger charge is -2.18. The van der Waals surface area contributed by atoms with Gasteiger partial charge in [-0.25, -0.2) is 9.38 Å². The second-order valence-electron chi connectivity index (χ2n) is 5.78. The van der Waals surface area contributed by atoms with E-state index < -0.39 is 0 Å². The SMILES string of the molecule is Cc1cc(F)ccc1N=C(N)N1Cc2cccc3cccc1c23. The molecule has 4 rings (SSSR count). The van der Waals surface area contributed by atoms with Crippen molar-refractivity contribution < 1.29 is 4.39 Å². The number of hydrogen-bond acceptors (Lipinski definition) is 1. The summed E-state index contributed by atoms with van der Waals surface area (Å²) in [4.78, 5) is 6.51. The van der Waals surface area contributed by atoms with Crippen LogP contribution in [0, 0.1) is 12.7 Å². The van der Waals surface area contributed by atoms with Crippen molar-refractivity contribution in [2.24, 2.45) is 10.7 Å². The third kappa shape index (κ3) is 2.23. The molecule has 0 saturated carbocycles. The fourth-order valence-electron chi connectivity index (χ4n) is 3.14. The van der Waals surface area contributed by atoms with Crippen LogP contribution >= 0.6 is 0 Å². The van der Waals surface area contributed by atoms with Gasteiger partial charge in [0.05, 0.1) is 17.9 Å². The fraction of sp³-hybridized carbons (Fsp3) is 0.105. The Kier molecular flexibility index (Phi) is 3.05. The Hall–Kier alpha value is -2.88. The number of aryl methyl sites for hydroxylation is 1. The number of hydrogen-bond donors (Lipinski definition) is 1. The van der Waals surface area contributed by atoms with E-state index >= 15 is 0 Å². The quantitative estimate of drug-likeness (QED) is 0.539. The van der Waals surface area contributed by atoms with Gasteiger partial charge in [-0.05, 0) is 47.7 Å². The molecule has 23 heavy (non-hydrogen) atoms. The summed E-state index contributed by atoms with van der Waals surface area (Å²) in [5.41, 5.74) is 10.0. The smallest absolute Gasteiger partial charge is 0.201 e. The van der Waals surface area contributed by atoms with E-state index in [-0.39, 0.29) is 5.82 Å². The summed E-state index contributed by atoms with van der Waals surface area (Å²) in [6.45, 7) is 2.53. The first-order chi connectivity index (χ1) is 11.1. The van der Waals surface area contributed by atoms with Gasteiger partial charge in [-0.3, -0.25) is 0 Å². The number of aliphatic imine (C=N–C) groups is 1. The van der Waals surface area contributed by atoms with Crippen LogP contribution in [0.3, 0.4) is 0 Å². The van der Waals surface area contributed by atoms with Crippen LogP contribution in [-0.2, 0) is 6.54 Å². The second kappa shape index (κ2) is 5.09. The molecular weight excluding hydrogens is 289 g/mol. The number of anilines is 1. The van der Waals surface area contributed by atoms with E-state index in [1.54, 1.807) is 6.07 Å². The molecule has 0 aliphatic carbocycles. The molecule has 0 spiro atoms. The third-order valence-corrected chi connectivity index (χ3v) is 4.26. The molecule has 1 aliphatic rings. The van der Waals surface area contributed by atoms with Crippen molar-refractivity contribution in [3.8, 4) is 0 Å². The first-order valence-corrected chi connectivity index (χ1v) is 7.52. The monoisotopic (exact) mass is 305 g/mol. The van der Waals surface area contributed by atoms with Crippen LogP contribution in [0.2, 0.25) is 0 Å². The molecule has 1 heterocycles. The van der Waals surface area contributed by atoms with Crippen molar-refractivity contribution in [2.45, 2.75) is 13.5 Å². The number of nitrogens with zero attached hydrogens (tertiary/aromatic N) is 2. The molecule has 0 bridgehead atoms. The normalized spacial score (nSPS) is 13.8. The maximum absolute atomic E-state index is 13.2. The molecule has 0 amide bonds. The predicted molar refractivity (Wildman–Crippen MR) is 92.6 cm³/mol. The number of halogens is 1. The van der Waals surface area contributed by atoms with Gasteiger partial charge in [0, 0.05) is 5.39 Å².